The van der Waals surface area contributed by atoms with Gasteiger partial charge in [-0.2, -0.15) is 0 Å². The van der Waals surface area contributed by atoms with Gasteiger partial charge in [0.1, 0.15) is 5.78 Å². The van der Waals surface area contributed by atoms with Gasteiger partial charge in [0, 0.05) is 19.3 Å². The molecule has 0 aliphatic heterocycles. The molecule has 3 nitrogen and oxygen atoms in total. The van der Waals surface area contributed by atoms with E-state index in [1.54, 1.807) is 6.92 Å². The van der Waals surface area contributed by atoms with E-state index in [9.17, 15) is 9.59 Å². The highest BCUT2D eigenvalue weighted by atomic mass is 16.5. The number of ketones is 1. The van der Waals surface area contributed by atoms with E-state index >= 15 is 0 Å². The molecule has 3 heteroatoms. The minimum atomic E-state index is -0.288. The van der Waals surface area contributed by atoms with E-state index in [0.717, 1.165) is 0 Å². The van der Waals surface area contributed by atoms with Crippen LogP contribution in [0.5, 0.6) is 0 Å². The van der Waals surface area contributed by atoms with E-state index in [-0.39, 0.29) is 23.8 Å². The van der Waals surface area contributed by atoms with Crippen molar-refractivity contribution in [3.8, 4) is 0 Å². The summed E-state index contributed by atoms with van der Waals surface area (Å²) in [6.07, 6.45) is 0.961. The Morgan fingerprint density at radius 1 is 1.23 bits per heavy atom. The monoisotopic (exact) mass is 186 g/mol. The van der Waals surface area contributed by atoms with E-state index in [2.05, 4.69) is 0 Å². The zero-order valence-corrected chi connectivity index (χ0v) is 8.79. The van der Waals surface area contributed by atoms with Crippen LogP contribution >= 0.6 is 0 Å². The lowest BCUT2D eigenvalue weighted by atomic mass is 10.0. The summed E-state index contributed by atoms with van der Waals surface area (Å²) in [4.78, 5) is 21.7. The van der Waals surface area contributed by atoms with Gasteiger partial charge in [-0.05, 0) is 13.3 Å². The molecule has 0 radical (unpaired) electrons. The number of Topliss-reactive ketones (excluding diaryl/α,β-unsaturated/α-hetero) is 1. The lowest BCUT2D eigenvalue weighted by Gasteiger charge is -2.11. The van der Waals surface area contributed by atoms with Gasteiger partial charge in [-0.1, -0.05) is 13.8 Å². The third-order valence-corrected chi connectivity index (χ3v) is 1.81. The molecule has 0 aromatic rings. The minimum Gasteiger partial charge on any atom is -0.463 e. The summed E-state index contributed by atoms with van der Waals surface area (Å²) in [5.74, 6) is 0.00743. The van der Waals surface area contributed by atoms with Crippen LogP contribution in [0.25, 0.3) is 0 Å². The maximum atomic E-state index is 11.2. The molecule has 1 atom stereocenters. The zero-order valence-electron chi connectivity index (χ0n) is 8.79. The standard InChI is InChI=1S/C10H18O3/c1-7(2)10(12)6-5-8(3)13-9(4)11/h7-8H,5-6H2,1-4H3/t8-/m1/s1. The summed E-state index contributed by atoms with van der Waals surface area (Å²) in [6.45, 7) is 6.92. The number of hydrogen-bond donors (Lipinski definition) is 0. The van der Waals surface area contributed by atoms with Crippen molar-refractivity contribution in [1.29, 1.82) is 0 Å². The maximum absolute atomic E-state index is 11.2. The summed E-state index contributed by atoms with van der Waals surface area (Å²) >= 11 is 0. The fourth-order valence-corrected chi connectivity index (χ4v) is 0.976. The van der Waals surface area contributed by atoms with Gasteiger partial charge in [0.2, 0.25) is 0 Å². The zero-order chi connectivity index (χ0) is 10.4. The van der Waals surface area contributed by atoms with Crippen LogP contribution in [-0.4, -0.2) is 17.9 Å². The van der Waals surface area contributed by atoms with Crippen molar-refractivity contribution >= 4 is 11.8 Å². The van der Waals surface area contributed by atoms with Crippen molar-refractivity contribution in [2.45, 2.75) is 46.6 Å². The van der Waals surface area contributed by atoms with Crippen LogP contribution in [-0.2, 0) is 14.3 Å². The molecule has 0 spiro atoms. The first kappa shape index (κ1) is 12.1. The summed E-state index contributed by atoms with van der Waals surface area (Å²) < 4.78 is 4.89. The highest BCUT2D eigenvalue weighted by Crippen LogP contribution is 2.06. The first-order chi connectivity index (χ1) is 5.93. The van der Waals surface area contributed by atoms with Crippen LogP contribution in [0.1, 0.15) is 40.5 Å². The van der Waals surface area contributed by atoms with Gasteiger partial charge in [-0.25, -0.2) is 0 Å². The molecule has 0 fully saturated rings. The molecule has 0 saturated carbocycles. The van der Waals surface area contributed by atoms with Gasteiger partial charge in [0.05, 0.1) is 6.10 Å². The summed E-state index contributed by atoms with van der Waals surface area (Å²) in [5.41, 5.74) is 0. The van der Waals surface area contributed by atoms with Crippen molar-refractivity contribution in [2.75, 3.05) is 0 Å². The summed E-state index contributed by atoms with van der Waals surface area (Å²) in [5, 5.41) is 0. The molecule has 0 aliphatic rings. The van der Waals surface area contributed by atoms with E-state index in [1.807, 2.05) is 13.8 Å². The SMILES string of the molecule is CC(=O)O[C@H](C)CCC(=O)C(C)C. The van der Waals surface area contributed by atoms with Gasteiger partial charge in [-0.15, -0.1) is 0 Å². The normalized spacial score (nSPS) is 12.7. The first-order valence-corrected chi connectivity index (χ1v) is 4.63. The Kier molecular flexibility index (Phi) is 5.35. The highest BCUT2D eigenvalue weighted by Gasteiger charge is 2.11. The van der Waals surface area contributed by atoms with Crippen LogP contribution in [0.3, 0.4) is 0 Å². The van der Waals surface area contributed by atoms with Crippen molar-refractivity contribution in [3.63, 3.8) is 0 Å². The lowest BCUT2D eigenvalue weighted by molar-refractivity contribution is -0.146. The molecule has 0 N–H and O–H groups in total. The Hall–Kier alpha value is -0.860. The van der Waals surface area contributed by atoms with Crippen LogP contribution < -0.4 is 0 Å². The number of rotatable bonds is 5. The minimum absolute atomic E-state index is 0.0736. The largest absolute Gasteiger partial charge is 0.463 e. The van der Waals surface area contributed by atoms with Crippen LogP contribution in [0.15, 0.2) is 0 Å². The fourth-order valence-electron chi connectivity index (χ4n) is 0.976. The molecular weight excluding hydrogens is 168 g/mol. The van der Waals surface area contributed by atoms with Gasteiger partial charge in [0.25, 0.3) is 0 Å². The van der Waals surface area contributed by atoms with Crippen molar-refractivity contribution < 1.29 is 14.3 Å². The quantitative estimate of drug-likeness (QED) is 0.616. The molecule has 0 aliphatic carbocycles. The molecule has 0 rings (SSSR count). The maximum Gasteiger partial charge on any atom is 0.302 e. The van der Waals surface area contributed by atoms with E-state index < -0.39 is 0 Å². The number of carbonyl (C=O) groups excluding carboxylic acids is 2. The smallest absolute Gasteiger partial charge is 0.302 e. The molecular formula is C10H18O3. The summed E-state index contributed by atoms with van der Waals surface area (Å²) in [6, 6.07) is 0. The Labute approximate surface area is 79.5 Å². The molecule has 0 aromatic carbocycles. The predicted octanol–water partition coefficient (Wildman–Crippen LogP) is 1.94. The molecule has 76 valence electrons. The number of hydrogen-bond acceptors (Lipinski definition) is 3. The molecule has 0 bridgehead atoms. The molecule has 0 saturated heterocycles. The van der Waals surface area contributed by atoms with E-state index in [0.29, 0.717) is 12.8 Å². The Morgan fingerprint density at radius 3 is 2.15 bits per heavy atom. The van der Waals surface area contributed by atoms with Crippen LogP contribution in [0.2, 0.25) is 0 Å². The molecule has 0 aromatic heterocycles. The van der Waals surface area contributed by atoms with Crippen molar-refractivity contribution in [2.24, 2.45) is 5.92 Å². The van der Waals surface area contributed by atoms with Crippen LogP contribution in [0.4, 0.5) is 0 Å². The van der Waals surface area contributed by atoms with Gasteiger partial charge < -0.3 is 4.74 Å². The average molecular weight is 186 g/mol. The Balaban J connectivity index is 3.63. The summed E-state index contributed by atoms with van der Waals surface area (Å²) in [7, 11) is 0. The van der Waals surface area contributed by atoms with Crippen molar-refractivity contribution in [3.05, 3.63) is 0 Å². The van der Waals surface area contributed by atoms with Gasteiger partial charge >= 0.3 is 5.97 Å². The van der Waals surface area contributed by atoms with E-state index in [4.69, 9.17) is 4.74 Å². The van der Waals surface area contributed by atoms with E-state index in [1.165, 1.54) is 6.92 Å². The predicted molar refractivity (Wildman–Crippen MR) is 50.3 cm³/mol. The number of esters is 1. The first-order valence-electron chi connectivity index (χ1n) is 4.63. The average Bonchev–Trinajstić information content (AvgIpc) is 1.98. The molecule has 13 heavy (non-hydrogen) atoms. The topological polar surface area (TPSA) is 43.4 Å². The van der Waals surface area contributed by atoms with Crippen LogP contribution in [0, 0.1) is 5.92 Å². The fraction of sp³-hybridized carbons (Fsp3) is 0.800. The Bertz CT molecular complexity index is 185. The van der Waals surface area contributed by atoms with Crippen molar-refractivity contribution in [1.82, 2.24) is 0 Å². The molecule has 0 amide bonds. The lowest BCUT2D eigenvalue weighted by Crippen LogP contribution is -2.15. The third-order valence-electron chi connectivity index (χ3n) is 1.81. The number of ether oxygens (including phenoxy) is 1. The third kappa shape index (κ3) is 6.31. The second-order valence-corrected chi connectivity index (χ2v) is 3.58. The molecule has 0 heterocycles. The van der Waals surface area contributed by atoms with Gasteiger partial charge in [0.15, 0.2) is 0 Å². The second kappa shape index (κ2) is 5.73. The molecule has 0 unspecified atom stereocenters. The number of carbonyl (C=O) groups is 2. The van der Waals surface area contributed by atoms with Gasteiger partial charge in [-0.3, -0.25) is 9.59 Å². The Morgan fingerprint density at radius 2 is 1.77 bits per heavy atom. The second-order valence-electron chi connectivity index (χ2n) is 3.58. The highest BCUT2D eigenvalue weighted by molar-refractivity contribution is 5.80.